The summed E-state index contributed by atoms with van der Waals surface area (Å²) in [6.07, 6.45) is -0.438. The van der Waals surface area contributed by atoms with Gasteiger partial charge in [0, 0.05) is 0 Å². The molecule has 2 rings (SSSR count). The predicted molar refractivity (Wildman–Crippen MR) is 84.7 cm³/mol. The molecule has 0 radical (unpaired) electrons. The predicted octanol–water partition coefficient (Wildman–Crippen LogP) is 2.33. The fraction of sp³-hybridized carbons (Fsp3) is 0.188. The molecule has 0 aliphatic heterocycles. The first-order valence-corrected chi connectivity index (χ1v) is 8.44. The van der Waals surface area contributed by atoms with Crippen molar-refractivity contribution in [3.8, 4) is 5.75 Å². The number of ether oxygens (including phenoxy) is 1. The van der Waals surface area contributed by atoms with Crippen molar-refractivity contribution in [3.63, 3.8) is 0 Å². The van der Waals surface area contributed by atoms with E-state index in [0.717, 1.165) is 24.3 Å². The maximum Gasteiger partial charge on any atom is 0.305 e. The second-order valence-electron chi connectivity index (χ2n) is 5.00. The third-order valence-corrected chi connectivity index (χ3v) is 4.81. The minimum atomic E-state index is -4.00. The van der Waals surface area contributed by atoms with E-state index < -0.39 is 34.3 Å². The largest absolute Gasteiger partial charge is 0.497 e. The highest BCUT2D eigenvalue weighted by Gasteiger charge is 2.23. The van der Waals surface area contributed by atoms with Crippen molar-refractivity contribution in [1.82, 2.24) is 4.72 Å². The Balaban J connectivity index is 2.30. The average molecular weight is 353 g/mol. The normalized spacial score (nSPS) is 12.6. The van der Waals surface area contributed by atoms with E-state index in [1.165, 1.54) is 7.11 Å². The smallest absolute Gasteiger partial charge is 0.305 e. The van der Waals surface area contributed by atoms with E-state index in [-0.39, 0.29) is 4.90 Å². The van der Waals surface area contributed by atoms with Crippen molar-refractivity contribution < 1.29 is 27.4 Å². The lowest BCUT2D eigenvalue weighted by molar-refractivity contribution is -0.137. The van der Waals surface area contributed by atoms with E-state index in [1.807, 2.05) is 0 Å². The van der Waals surface area contributed by atoms with E-state index in [0.29, 0.717) is 11.3 Å². The number of rotatable bonds is 7. The van der Waals surface area contributed by atoms with Gasteiger partial charge in [0.25, 0.3) is 0 Å². The summed E-state index contributed by atoms with van der Waals surface area (Å²) in [5.41, 5.74) is 0.476. The molecule has 2 N–H and O–H groups in total. The van der Waals surface area contributed by atoms with Crippen LogP contribution in [0.1, 0.15) is 18.0 Å². The Morgan fingerprint density at radius 1 is 1.17 bits per heavy atom. The number of methoxy groups -OCH3 is 1. The molecule has 1 atom stereocenters. The van der Waals surface area contributed by atoms with Crippen LogP contribution in [0.25, 0.3) is 0 Å². The molecule has 0 bridgehead atoms. The van der Waals surface area contributed by atoms with E-state index >= 15 is 0 Å². The summed E-state index contributed by atoms with van der Waals surface area (Å²) in [6.45, 7) is 0. The van der Waals surface area contributed by atoms with Gasteiger partial charge in [0.15, 0.2) is 0 Å². The van der Waals surface area contributed by atoms with Gasteiger partial charge in [-0.2, -0.15) is 0 Å². The molecule has 0 aromatic heterocycles. The fourth-order valence-corrected chi connectivity index (χ4v) is 3.33. The van der Waals surface area contributed by atoms with Crippen LogP contribution >= 0.6 is 0 Å². The Morgan fingerprint density at radius 2 is 1.75 bits per heavy atom. The van der Waals surface area contributed by atoms with Gasteiger partial charge >= 0.3 is 5.97 Å². The average Bonchev–Trinajstić information content (AvgIpc) is 2.54. The number of carbonyl (C=O) groups is 1. The molecule has 0 aliphatic carbocycles. The van der Waals surface area contributed by atoms with Crippen LogP contribution < -0.4 is 9.46 Å². The van der Waals surface area contributed by atoms with Gasteiger partial charge in [0.2, 0.25) is 10.0 Å². The minimum absolute atomic E-state index is 0.146. The second kappa shape index (κ2) is 7.41. The molecule has 0 aliphatic rings. The summed E-state index contributed by atoms with van der Waals surface area (Å²) in [5, 5.41) is 9.04. The molecule has 128 valence electrons. The van der Waals surface area contributed by atoms with Gasteiger partial charge in [0.1, 0.15) is 11.6 Å². The summed E-state index contributed by atoms with van der Waals surface area (Å²) in [7, 11) is -2.51. The first kappa shape index (κ1) is 17.9. The maximum atomic E-state index is 12.9. The molecule has 8 heteroatoms. The van der Waals surface area contributed by atoms with Crippen LogP contribution in [-0.4, -0.2) is 26.6 Å². The summed E-state index contributed by atoms with van der Waals surface area (Å²) in [4.78, 5) is 10.9. The van der Waals surface area contributed by atoms with Crippen LogP contribution in [-0.2, 0) is 14.8 Å². The highest BCUT2D eigenvalue weighted by Crippen LogP contribution is 2.23. The molecule has 0 saturated carbocycles. The number of carboxylic acid groups (broad SMARTS) is 1. The number of carboxylic acids is 1. The Labute approximate surface area is 138 Å². The highest BCUT2D eigenvalue weighted by molar-refractivity contribution is 7.89. The van der Waals surface area contributed by atoms with Crippen LogP contribution in [0.4, 0.5) is 4.39 Å². The topological polar surface area (TPSA) is 92.7 Å². The number of nitrogens with one attached hydrogen (secondary N) is 1. The zero-order valence-electron chi connectivity index (χ0n) is 12.8. The van der Waals surface area contributed by atoms with Crippen LogP contribution in [0.2, 0.25) is 0 Å². The zero-order valence-corrected chi connectivity index (χ0v) is 13.6. The first-order valence-electron chi connectivity index (χ1n) is 6.95. The summed E-state index contributed by atoms with van der Waals surface area (Å²) in [5.74, 6) is -1.15. The van der Waals surface area contributed by atoms with Gasteiger partial charge in [0.05, 0.1) is 24.5 Å². The summed E-state index contributed by atoms with van der Waals surface area (Å²) in [6, 6.07) is 9.69. The quantitative estimate of drug-likeness (QED) is 0.797. The van der Waals surface area contributed by atoms with Crippen molar-refractivity contribution in [2.45, 2.75) is 17.4 Å². The van der Waals surface area contributed by atoms with Crippen molar-refractivity contribution in [3.05, 3.63) is 59.9 Å². The molecular weight excluding hydrogens is 337 g/mol. The Hall–Kier alpha value is -2.45. The molecule has 6 nitrogen and oxygen atoms in total. The molecule has 2 aromatic rings. The molecule has 24 heavy (non-hydrogen) atoms. The van der Waals surface area contributed by atoms with Crippen LogP contribution in [0.3, 0.4) is 0 Å². The number of hydrogen-bond donors (Lipinski definition) is 2. The van der Waals surface area contributed by atoms with Gasteiger partial charge in [-0.25, -0.2) is 17.5 Å². The number of hydrogen-bond acceptors (Lipinski definition) is 4. The van der Waals surface area contributed by atoms with Gasteiger partial charge in [-0.3, -0.25) is 4.79 Å². The standard InChI is InChI=1S/C16H16FNO5S/c1-23-13-6-2-11(3-7-13)15(10-16(19)20)18-24(21,22)14-8-4-12(17)5-9-14/h2-9,15,18H,10H2,1H3,(H,19,20)/t15-/m0/s1. The molecular formula is C16H16FNO5S. The van der Waals surface area contributed by atoms with Crippen molar-refractivity contribution in [1.29, 1.82) is 0 Å². The lowest BCUT2D eigenvalue weighted by Gasteiger charge is -2.18. The van der Waals surface area contributed by atoms with Crippen LogP contribution in [0.15, 0.2) is 53.4 Å². The van der Waals surface area contributed by atoms with Gasteiger partial charge < -0.3 is 9.84 Å². The molecule has 0 unspecified atom stereocenters. The highest BCUT2D eigenvalue weighted by atomic mass is 32.2. The Kier molecular flexibility index (Phi) is 5.53. The number of aliphatic carboxylic acids is 1. The van der Waals surface area contributed by atoms with Crippen LogP contribution in [0.5, 0.6) is 5.75 Å². The third-order valence-electron chi connectivity index (χ3n) is 3.32. The summed E-state index contributed by atoms with van der Waals surface area (Å²) < 4.78 is 45.1. The first-order chi connectivity index (χ1) is 11.3. The molecule has 0 heterocycles. The van der Waals surface area contributed by atoms with Gasteiger partial charge in [-0.15, -0.1) is 0 Å². The van der Waals surface area contributed by atoms with Gasteiger partial charge in [-0.05, 0) is 42.0 Å². The zero-order chi connectivity index (χ0) is 17.7. The Morgan fingerprint density at radius 3 is 2.25 bits per heavy atom. The lowest BCUT2D eigenvalue weighted by Crippen LogP contribution is -2.30. The molecule has 2 aromatic carbocycles. The summed E-state index contributed by atoms with van der Waals surface area (Å²) >= 11 is 0. The molecule has 0 saturated heterocycles. The van der Waals surface area contributed by atoms with E-state index in [2.05, 4.69) is 4.72 Å². The monoisotopic (exact) mass is 353 g/mol. The molecule has 0 amide bonds. The van der Waals surface area contributed by atoms with E-state index in [9.17, 15) is 17.6 Å². The van der Waals surface area contributed by atoms with Crippen molar-refractivity contribution >= 4 is 16.0 Å². The number of benzene rings is 2. The van der Waals surface area contributed by atoms with Crippen molar-refractivity contribution in [2.24, 2.45) is 0 Å². The molecule has 0 fully saturated rings. The second-order valence-corrected chi connectivity index (χ2v) is 6.71. The lowest BCUT2D eigenvalue weighted by atomic mass is 10.0. The van der Waals surface area contributed by atoms with Crippen molar-refractivity contribution in [2.75, 3.05) is 7.11 Å². The Bertz CT molecular complexity index is 803. The van der Waals surface area contributed by atoms with Crippen LogP contribution in [0, 0.1) is 5.82 Å². The molecule has 0 spiro atoms. The third kappa shape index (κ3) is 4.53. The fourth-order valence-electron chi connectivity index (χ4n) is 2.11. The number of sulfonamides is 1. The van der Waals surface area contributed by atoms with E-state index in [1.54, 1.807) is 24.3 Å². The van der Waals surface area contributed by atoms with Gasteiger partial charge in [-0.1, -0.05) is 12.1 Å². The van der Waals surface area contributed by atoms with E-state index in [4.69, 9.17) is 9.84 Å². The SMILES string of the molecule is COc1ccc([C@H](CC(=O)O)NS(=O)(=O)c2ccc(F)cc2)cc1. The minimum Gasteiger partial charge on any atom is -0.497 e. The maximum absolute atomic E-state index is 12.9. The number of halogens is 1.